The summed E-state index contributed by atoms with van der Waals surface area (Å²) in [4.78, 5) is 7.14. The van der Waals surface area contributed by atoms with E-state index < -0.39 is 0 Å². The average Bonchev–Trinajstić information content (AvgIpc) is 2.33. The Bertz CT molecular complexity index is 368. The van der Waals surface area contributed by atoms with E-state index >= 15 is 0 Å². The van der Waals surface area contributed by atoms with Gasteiger partial charge in [0.2, 0.25) is 0 Å². The number of pyridine rings is 1. The van der Waals surface area contributed by atoms with Crippen molar-refractivity contribution in [3.05, 3.63) is 23.4 Å². The predicted molar refractivity (Wildman–Crippen MR) is 72.3 cm³/mol. The number of rotatable bonds is 3. The van der Waals surface area contributed by atoms with Gasteiger partial charge in [0.15, 0.2) is 0 Å². The average molecular weight is 233 g/mol. The predicted octanol–water partition coefficient (Wildman–Crippen LogP) is 2.35. The minimum atomic E-state index is 0.871. The van der Waals surface area contributed by atoms with E-state index in [-0.39, 0.29) is 0 Å². The zero-order valence-corrected chi connectivity index (χ0v) is 11.2. The summed E-state index contributed by atoms with van der Waals surface area (Å²) in [5, 5.41) is 3.18. The van der Waals surface area contributed by atoms with Crippen LogP contribution in [-0.4, -0.2) is 25.1 Å². The summed E-state index contributed by atoms with van der Waals surface area (Å²) in [6.07, 6.45) is 2.58. The molecule has 1 N–H and O–H groups in total. The Morgan fingerprint density at radius 1 is 1.35 bits per heavy atom. The van der Waals surface area contributed by atoms with Crippen molar-refractivity contribution in [2.75, 3.05) is 25.0 Å². The first kappa shape index (κ1) is 12.4. The zero-order valence-electron chi connectivity index (χ0n) is 11.2. The van der Waals surface area contributed by atoms with Gasteiger partial charge in [0.05, 0.1) is 0 Å². The summed E-state index contributed by atoms with van der Waals surface area (Å²) < 4.78 is 0. The maximum absolute atomic E-state index is 4.73. The first-order chi connectivity index (χ1) is 8.20. The van der Waals surface area contributed by atoms with E-state index in [9.17, 15) is 0 Å². The maximum atomic E-state index is 4.73. The number of aromatic nitrogens is 1. The van der Waals surface area contributed by atoms with Crippen LogP contribution in [0.5, 0.6) is 0 Å². The first-order valence-corrected chi connectivity index (χ1v) is 6.56. The molecule has 1 fully saturated rings. The minimum Gasteiger partial charge on any atom is -0.357 e. The van der Waals surface area contributed by atoms with E-state index in [1.54, 1.807) is 0 Å². The molecule has 17 heavy (non-hydrogen) atoms. The maximum Gasteiger partial charge on any atom is 0.128 e. The van der Waals surface area contributed by atoms with Crippen molar-refractivity contribution in [3.8, 4) is 0 Å². The van der Waals surface area contributed by atoms with E-state index in [1.807, 2.05) is 7.05 Å². The number of hydrogen-bond acceptors (Lipinski definition) is 3. The highest BCUT2D eigenvalue weighted by molar-refractivity contribution is 5.42. The SMILES string of the molecule is CNCc1ccc(N2CCC(C)CC2)nc1C. The van der Waals surface area contributed by atoms with Gasteiger partial charge in [0.25, 0.3) is 0 Å². The lowest BCUT2D eigenvalue weighted by Crippen LogP contribution is -2.33. The Hall–Kier alpha value is -1.09. The molecule has 0 unspecified atom stereocenters. The van der Waals surface area contributed by atoms with Crippen molar-refractivity contribution in [2.24, 2.45) is 5.92 Å². The Morgan fingerprint density at radius 3 is 2.65 bits per heavy atom. The fourth-order valence-electron chi connectivity index (χ4n) is 2.37. The highest BCUT2D eigenvalue weighted by Crippen LogP contribution is 2.22. The van der Waals surface area contributed by atoms with Crippen molar-refractivity contribution < 1.29 is 0 Å². The lowest BCUT2D eigenvalue weighted by atomic mass is 9.99. The van der Waals surface area contributed by atoms with Gasteiger partial charge in [-0.05, 0) is 44.4 Å². The van der Waals surface area contributed by atoms with Crippen LogP contribution in [0.3, 0.4) is 0 Å². The molecule has 0 aliphatic carbocycles. The Labute approximate surface area is 104 Å². The third-order valence-corrected chi connectivity index (χ3v) is 3.66. The summed E-state index contributed by atoms with van der Waals surface area (Å²) in [7, 11) is 1.97. The summed E-state index contributed by atoms with van der Waals surface area (Å²) in [6, 6.07) is 4.36. The molecule has 0 saturated carbocycles. The molecule has 0 aromatic carbocycles. The van der Waals surface area contributed by atoms with Crippen molar-refractivity contribution in [1.82, 2.24) is 10.3 Å². The Balaban J connectivity index is 2.09. The summed E-state index contributed by atoms with van der Waals surface area (Å²) in [5.74, 6) is 2.02. The molecule has 94 valence electrons. The lowest BCUT2D eigenvalue weighted by molar-refractivity contribution is 0.436. The Kier molecular flexibility index (Phi) is 4.00. The van der Waals surface area contributed by atoms with E-state index in [0.717, 1.165) is 37.1 Å². The molecule has 1 saturated heterocycles. The molecule has 0 spiro atoms. The van der Waals surface area contributed by atoms with Gasteiger partial charge in [0.1, 0.15) is 5.82 Å². The van der Waals surface area contributed by atoms with Gasteiger partial charge in [-0.2, -0.15) is 0 Å². The smallest absolute Gasteiger partial charge is 0.128 e. The molecule has 0 atom stereocenters. The highest BCUT2D eigenvalue weighted by atomic mass is 15.2. The molecule has 0 radical (unpaired) electrons. The summed E-state index contributed by atoms with van der Waals surface area (Å²) >= 11 is 0. The number of anilines is 1. The van der Waals surface area contributed by atoms with Crippen molar-refractivity contribution in [1.29, 1.82) is 0 Å². The summed E-state index contributed by atoms with van der Waals surface area (Å²) in [6.45, 7) is 7.64. The number of nitrogens with one attached hydrogen (secondary N) is 1. The van der Waals surface area contributed by atoms with E-state index in [0.29, 0.717) is 0 Å². The van der Waals surface area contributed by atoms with Gasteiger partial charge in [-0.15, -0.1) is 0 Å². The molecule has 0 amide bonds. The highest BCUT2D eigenvalue weighted by Gasteiger charge is 2.17. The molecule has 1 aromatic heterocycles. The standard InChI is InChI=1S/C14H23N3/c1-11-6-8-17(9-7-11)14-5-4-13(10-15-3)12(2)16-14/h4-5,11,15H,6-10H2,1-3H3. The van der Waals surface area contributed by atoms with Crippen LogP contribution in [0.15, 0.2) is 12.1 Å². The van der Waals surface area contributed by atoms with Crippen LogP contribution in [-0.2, 0) is 6.54 Å². The number of aryl methyl sites for hydroxylation is 1. The zero-order chi connectivity index (χ0) is 12.3. The van der Waals surface area contributed by atoms with Crippen LogP contribution in [0.1, 0.15) is 31.0 Å². The third-order valence-electron chi connectivity index (χ3n) is 3.66. The topological polar surface area (TPSA) is 28.2 Å². The van der Waals surface area contributed by atoms with E-state index in [1.165, 1.54) is 18.4 Å². The molecule has 0 bridgehead atoms. The van der Waals surface area contributed by atoms with Crippen LogP contribution in [0, 0.1) is 12.8 Å². The molecule has 2 rings (SSSR count). The Morgan fingerprint density at radius 2 is 2.06 bits per heavy atom. The lowest BCUT2D eigenvalue weighted by Gasteiger charge is -2.31. The molecule has 1 aliphatic heterocycles. The van der Waals surface area contributed by atoms with Crippen LogP contribution < -0.4 is 10.2 Å². The molecule has 2 heterocycles. The first-order valence-electron chi connectivity index (χ1n) is 6.56. The van der Waals surface area contributed by atoms with Gasteiger partial charge < -0.3 is 10.2 Å². The van der Waals surface area contributed by atoms with Crippen molar-refractivity contribution in [3.63, 3.8) is 0 Å². The fourth-order valence-corrected chi connectivity index (χ4v) is 2.37. The fraction of sp³-hybridized carbons (Fsp3) is 0.643. The normalized spacial score (nSPS) is 17.5. The second-order valence-electron chi connectivity index (χ2n) is 5.11. The number of nitrogens with zero attached hydrogens (tertiary/aromatic N) is 2. The summed E-state index contributed by atoms with van der Waals surface area (Å²) in [5.41, 5.74) is 2.44. The van der Waals surface area contributed by atoms with Crippen LogP contribution in [0.25, 0.3) is 0 Å². The molecule has 3 heteroatoms. The monoisotopic (exact) mass is 233 g/mol. The second kappa shape index (κ2) is 5.50. The van der Waals surface area contributed by atoms with Crippen molar-refractivity contribution >= 4 is 5.82 Å². The van der Waals surface area contributed by atoms with Gasteiger partial charge in [-0.1, -0.05) is 13.0 Å². The van der Waals surface area contributed by atoms with E-state index in [4.69, 9.17) is 4.98 Å². The quantitative estimate of drug-likeness (QED) is 0.868. The number of piperidine rings is 1. The van der Waals surface area contributed by atoms with Gasteiger partial charge in [-0.3, -0.25) is 0 Å². The largest absolute Gasteiger partial charge is 0.357 e. The van der Waals surface area contributed by atoms with Crippen LogP contribution in [0.2, 0.25) is 0 Å². The van der Waals surface area contributed by atoms with Crippen LogP contribution >= 0.6 is 0 Å². The van der Waals surface area contributed by atoms with Crippen molar-refractivity contribution in [2.45, 2.75) is 33.2 Å². The number of hydrogen-bond donors (Lipinski definition) is 1. The molecular weight excluding hydrogens is 210 g/mol. The molecule has 1 aromatic rings. The van der Waals surface area contributed by atoms with E-state index in [2.05, 4.69) is 36.2 Å². The van der Waals surface area contributed by atoms with Gasteiger partial charge >= 0.3 is 0 Å². The molecule has 1 aliphatic rings. The minimum absolute atomic E-state index is 0.871. The molecular formula is C14H23N3. The van der Waals surface area contributed by atoms with Crippen LogP contribution in [0.4, 0.5) is 5.82 Å². The van der Waals surface area contributed by atoms with Gasteiger partial charge in [0, 0.05) is 25.3 Å². The second-order valence-corrected chi connectivity index (χ2v) is 5.11. The van der Waals surface area contributed by atoms with Gasteiger partial charge in [-0.25, -0.2) is 4.98 Å². The third kappa shape index (κ3) is 2.97. The molecule has 3 nitrogen and oxygen atoms in total.